The lowest BCUT2D eigenvalue weighted by Gasteiger charge is -1.93. The topological polar surface area (TPSA) is 68.0 Å². The molecule has 0 atom stereocenters. The Labute approximate surface area is 68.4 Å². The van der Waals surface area contributed by atoms with E-state index < -0.39 is 0 Å². The molecule has 0 aliphatic carbocycles. The quantitative estimate of drug-likeness (QED) is 0.642. The third kappa shape index (κ3) is 1.48. The van der Waals surface area contributed by atoms with Crippen LogP contribution in [0.3, 0.4) is 0 Å². The van der Waals surface area contributed by atoms with Crippen LogP contribution in [0, 0.1) is 6.92 Å². The van der Waals surface area contributed by atoms with Crippen LogP contribution in [-0.2, 0) is 0 Å². The van der Waals surface area contributed by atoms with Gasteiger partial charge in [0.1, 0.15) is 5.00 Å². The third-order valence-corrected chi connectivity index (χ3v) is 2.00. The van der Waals surface area contributed by atoms with Crippen LogP contribution >= 0.6 is 11.3 Å². The van der Waals surface area contributed by atoms with E-state index in [0.717, 1.165) is 5.01 Å². The molecular formula is C6H9N3OS. The summed E-state index contributed by atoms with van der Waals surface area (Å²) in [5.74, 6) is -0.230. The van der Waals surface area contributed by atoms with E-state index in [1.807, 2.05) is 6.92 Å². The number of amides is 1. The Morgan fingerprint density at radius 1 is 1.73 bits per heavy atom. The number of nitrogens with two attached hydrogens (primary N) is 1. The molecule has 1 heterocycles. The number of carbonyl (C=O) groups is 1. The van der Waals surface area contributed by atoms with Crippen LogP contribution in [0.1, 0.15) is 15.5 Å². The molecule has 11 heavy (non-hydrogen) atoms. The fourth-order valence-corrected chi connectivity index (χ4v) is 1.41. The van der Waals surface area contributed by atoms with Gasteiger partial charge in [-0.1, -0.05) is 0 Å². The van der Waals surface area contributed by atoms with E-state index in [1.54, 1.807) is 7.05 Å². The van der Waals surface area contributed by atoms with Crippen molar-refractivity contribution in [3.05, 3.63) is 10.7 Å². The highest BCUT2D eigenvalue weighted by Crippen LogP contribution is 2.19. The molecule has 1 amide bonds. The summed E-state index contributed by atoms with van der Waals surface area (Å²) in [6.45, 7) is 1.81. The molecule has 5 heteroatoms. The SMILES string of the molecule is CNC(=O)c1nc(C)sc1N. The van der Waals surface area contributed by atoms with Gasteiger partial charge in [-0.15, -0.1) is 11.3 Å². The Balaban J connectivity index is 3.03. The number of nitrogens with zero attached hydrogens (tertiary/aromatic N) is 1. The van der Waals surface area contributed by atoms with E-state index in [2.05, 4.69) is 10.3 Å². The van der Waals surface area contributed by atoms with Crippen molar-refractivity contribution >= 4 is 22.2 Å². The highest BCUT2D eigenvalue weighted by Gasteiger charge is 2.11. The summed E-state index contributed by atoms with van der Waals surface area (Å²) in [6.07, 6.45) is 0. The lowest BCUT2D eigenvalue weighted by Crippen LogP contribution is -2.19. The first-order valence-corrected chi connectivity index (χ1v) is 3.91. The van der Waals surface area contributed by atoms with Crippen LogP contribution in [0.5, 0.6) is 0 Å². The van der Waals surface area contributed by atoms with E-state index >= 15 is 0 Å². The average Bonchev–Trinajstić information content (AvgIpc) is 2.28. The molecule has 60 valence electrons. The maximum Gasteiger partial charge on any atom is 0.272 e. The Hall–Kier alpha value is -1.10. The van der Waals surface area contributed by atoms with Gasteiger partial charge in [-0.25, -0.2) is 4.98 Å². The summed E-state index contributed by atoms with van der Waals surface area (Å²) >= 11 is 1.32. The van der Waals surface area contributed by atoms with Crippen LogP contribution in [0.25, 0.3) is 0 Å². The molecule has 4 nitrogen and oxygen atoms in total. The van der Waals surface area contributed by atoms with Crippen molar-refractivity contribution in [3.63, 3.8) is 0 Å². The minimum Gasteiger partial charge on any atom is -0.389 e. The molecule has 0 aliphatic heterocycles. The van der Waals surface area contributed by atoms with Gasteiger partial charge in [-0.3, -0.25) is 4.79 Å². The molecule has 0 radical (unpaired) electrons. The van der Waals surface area contributed by atoms with Crippen LogP contribution in [0.15, 0.2) is 0 Å². The minimum atomic E-state index is -0.230. The lowest BCUT2D eigenvalue weighted by atomic mass is 10.4. The molecule has 0 spiro atoms. The smallest absolute Gasteiger partial charge is 0.272 e. The van der Waals surface area contributed by atoms with Gasteiger partial charge >= 0.3 is 0 Å². The van der Waals surface area contributed by atoms with Gasteiger partial charge in [-0.2, -0.15) is 0 Å². The highest BCUT2D eigenvalue weighted by molar-refractivity contribution is 7.15. The summed E-state index contributed by atoms with van der Waals surface area (Å²) in [7, 11) is 1.55. The molecule has 0 aliphatic rings. The standard InChI is InChI=1S/C6H9N3OS/c1-3-9-4(5(7)11-3)6(10)8-2/h7H2,1-2H3,(H,8,10). The fourth-order valence-electron chi connectivity index (χ4n) is 0.724. The van der Waals surface area contributed by atoms with Gasteiger partial charge in [0, 0.05) is 7.05 Å². The van der Waals surface area contributed by atoms with Crippen LogP contribution in [0.4, 0.5) is 5.00 Å². The molecule has 1 aromatic rings. The summed E-state index contributed by atoms with van der Waals surface area (Å²) < 4.78 is 0. The average molecular weight is 171 g/mol. The van der Waals surface area contributed by atoms with Crippen LogP contribution in [0.2, 0.25) is 0 Å². The first-order chi connectivity index (χ1) is 5.15. The van der Waals surface area contributed by atoms with E-state index in [9.17, 15) is 4.79 Å². The summed E-state index contributed by atoms with van der Waals surface area (Å²) in [5.41, 5.74) is 5.84. The van der Waals surface area contributed by atoms with Gasteiger partial charge in [0.25, 0.3) is 5.91 Å². The fraction of sp³-hybridized carbons (Fsp3) is 0.333. The largest absolute Gasteiger partial charge is 0.389 e. The second-order valence-electron chi connectivity index (χ2n) is 2.02. The number of hydrogen-bond acceptors (Lipinski definition) is 4. The number of nitrogens with one attached hydrogen (secondary N) is 1. The zero-order chi connectivity index (χ0) is 8.43. The molecule has 0 saturated heterocycles. The summed E-state index contributed by atoms with van der Waals surface area (Å²) in [5, 5.41) is 3.74. The highest BCUT2D eigenvalue weighted by atomic mass is 32.1. The predicted molar refractivity (Wildman–Crippen MR) is 44.7 cm³/mol. The second-order valence-corrected chi connectivity index (χ2v) is 3.26. The molecule has 0 fully saturated rings. The van der Waals surface area contributed by atoms with Crippen molar-refractivity contribution in [2.75, 3.05) is 12.8 Å². The number of rotatable bonds is 1. The normalized spacial score (nSPS) is 9.64. The van der Waals surface area contributed by atoms with Gasteiger partial charge in [-0.05, 0) is 6.92 Å². The Kier molecular flexibility index (Phi) is 2.09. The molecule has 0 aromatic carbocycles. The number of hydrogen-bond donors (Lipinski definition) is 2. The number of carbonyl (C=O) groups excluding carboxylic acids is 1. The number of anilines is 1. The van der Waals surface area contributed by atoms with Crippen molar-refractivity contribution in [1.82, 2.24) is 10.3 Å². The first kappa shape index (κ1) is 8.00. The van der Waals surface area contributed by atoms with Gasteiger partial charge in [0.2, 0.25) is 0 Å². The number of thiazole rings is 1. The van der Waals surface area contributed by atoms with E-state index in [0.29, 0.717) is 10.7 Å². The molecule has 0 saturated carbocycles. The predicted octanol–water partition coefficient (Wildman–Crippen LogP) is 0.393. The molecule has 1 rings (SSSR count). The Morgan fingerprint density at radius 2 is 2.36 bits per heavy atom. The Bertz CT molecular complexity index is 281. The summed E-state index contributed by atoms with van der Waals surface area (Å²) in [6, 6.07) is 0. The van der Waals surface area contributed by atoms with Gasteiger partial charge in [0.05, 0.1) is 5.01 Å². The van der Waals surface area contributed by atoms with E-state index in [1.165, 1.54) is 11.3 Å². The number of aryl methyl sites for hydroxylation is 1. The Morgan fingerprint density at radius 3 is 2.73 bits per heavy atom. The van der Waals surface area contributed by atoms with Crippen molar-refractivity contribution in [3.8, 4) is 0 Å². The number of nitrogen functional groups attached to an aromatic ring is 1. The second kappa shape index (κ2) is 2.87. The molecule has 3 N–H and O–H groups in total. The molecule has 0 unspecified atom stereocenters. The maximum absolute atomic E-state index is 11.0. The maximum atomic E-state index is 11.0. The van der Waals surface area contributed by atoms with E-state index in [-0.39, 0.29) is 5.91 Å². The van der Waals surface area contributed by atoms with E-state index in [4.69, 9.17) is 5.73 Å². The van der Waals surface area contributed by atoms with Crippen molar-refractivity contribution < 1.29 is 4.79 Å². The molecule has 1 aromatic heterocycles. The zero-order valence-corrected chi connectivity index (χ0v) is 7.16. The third-order valence-electron chi connectivity index (χ3n) is 1.20. The molecular weight excluding hydrogens is 162 g/mol. The monoisotopic (exact) mass is 171 g/mol. The summed E-state index contributed by atoms with van der Waals surface area (Å²) in [4.78, 5) is 15.0. The van der Waals surface area contributed by atoms with Crippen molar-refractivity contribution in [1.29, 1.82) is 0 Å². The zero-order valence-electron chi connectivity index (χ0n) is 6.34. The van der Waals surface area contributed by atoms with Crippen LogP contribution < -0.4 is 11.1 Å². The lowest BCUT2D eigenvalue weighted by molar-refractivity contribution is 0.0959. The minimum absolute atomic E-state index is 0.230. The van der Waals surface area contributed by atoms with Crippen molar-refractivity contribution in [2.24, 2.45) is 0 Å². The van der Waals surface area contributed by atoms with Crippen LogP contribution in [-0.4, -0.2) is 17.9 Å². The van der Waals surface area contributed by atoms with Crippen molar-refractivity contribution in [2.45, 2.75) is 6.92 Å². The molecule has 0 bridgehead atoms. The number of aromatic nitrogens is 1. The van der Waals surface area contributed by atoms with Gasteiger partial charge < -0.3 is 11.1 Å². The first-order valence-electron chi connectivity index (χ1n) is 3.10. The van der Waals surface area contributed by atoms with Gasteiger partial charge in [0.15, 0.2) is 5.69 Å².